The first-order valence-corrected chi connectivity index (χ1v) is 13.1. The summed E-state index contributed by atoms with van der Waals surface area (Å²) in [5, 5.41) is 0. The fraction of sp³-hybridized carbons (Fsp3) is 0.536. The van der Waals surface area contributed by atoms with Crippen LogP contribution in [0.1, 0.15) is 44.1 Å². The molecule has 1 saturated carbocycles. The maximum atomic E-state index is 13.7. The topological polar surface area (TPSA) is 36.0 Å². The van der Waals surface area contributed by atoms with Gasteiger partial charge in [0.05, 0.1) is 5.69 Å². The van der Waals surface area contributed by atoms with Gasteiger partial charge < -0.3 is 14.5 Å². The van der Waals surface area contributed by atoms with E-state index in [9.17, 15) is 18.0 Å². The average molecular weight is 502 g/mol. The van der Waals surface area contributed by atoms with E-state index >= 15 is 0 Å². The lowest BCUT2D eigenvalue weighted by Crippen LogP contribution is -2.55. The first-order valence-electron chi connectivity index (χ1n) is 13.1. The minimum atomic E-state index is -4.72. The number of hydrogen-bond donors (Lipinski definition) is 0. The third-order valence-corrected chi connectivity index (χ3v) is 7.83. The summed E-state index contributed by atoms with van der Waals surface area (Å²) < 4.78 is 42.9. The zero-order valence-corrected chi connectivity index (χ0v) is 20.6. The number of para-hydroxylation sites is 3. The normalized spacial score (nSPS) is 21.8. The maximum Gasteiger partial charge on any atom is 0.573 e. The first-order chi connectivity index (χ1) is 17.4. The number of alkyl halides is 3. The van der Waals surface area contributed by atoms with Gasteiger partial charge in [-0.15, -0.1) is 13.2 Å². The van der Waals surface area contributed by atoms with Gasteiger partial charge in [-0.1, -0.05) is 49.6 Å². The largest absolute Gasteiger partial charge is 0.573 e. The SMILES string of the molecule is O=C(C1CCCCC1)N1c2ccccc2CCC1CN1CCN(c2ccccc2OC(F)(F)F)CC1. The Kier molecular flexibility index (Phi) is 7.42. The van der Waals surface area contributed by atoms with Gasteiger partial charge in [-0.3, -0.25) is 9.69 Å². The second-order valence-electron chi connectivity index (χ2n) is 10.2. The zero-order valence-electron chi connectivity index (χ0n) is 20.6. The molecule has 0 N–H and O–H groups in total. The number of nitrogens with zero attached hydrogens (tertiary/aromatic N) is 3. The maximum absolute atomic E-state index is 13.7. The van der Waals surface area contributed by atoms with Crippen molar-refractivity contribution in [3.8, 4) is 5.75 Å². The Morgan fingerprint density at radius 1 is 0.861 bits per heavy atom. The Hall–Kier alpha value is -2.74. The lowest BCUT2D eigenvalue weighted by atomic mass is 9.86. The van der Waals surface area contributed by atoms with Crippen LogP contribution in [0.2, 0.25) is 0 Å². The smallest absolute Gasteiger partial charge is 0.404 e. The number of amides is 1. The van der Waals surface area contributed by atoms with Crippen LogP contribution in [-0.4, -0.2) is 55.9 Å². The molecular formula is C28H34F3N3O2. The quantitative estimate of drug-likeness (QED) is 0.532. The molecule has 1 unspecified atom stereocenters. The number of carbonyl (C=O) groups is 1. The number of rotatable bonds is 5. The lowest BCUT2D eigenvalue weighted by Gasteiger charge is -2.44. The summed E-state index contributed by atoms with van der Waals surface area (Å²) in [6.07, 6.45) is 2.57. The molecule has 2 heterocycles. The van der Waals surface area contributed by atoms with Gasteiger partial charge in [-0.25, -0.2) is 0 Å². The number of aryl methyl sites for hydroxylation is 1. The molecule has 2 aliphatic heterocycles. The number of anilines is 2. The van der Waals surface area contributed by atoms with Crippen molar-refractivity contribution in [3.63, 3.8) is 0 Å². The highest BCUT2D eigenvalue weighted by molar-refractivity contribution is 5.97. The first kappa shape index (κ1) is 24.9. The summed E-state index contributed by atoms with van der Waals surface area (Å²) in [6.45, 7) is 3.45. The van der Waals surface area contributed by atoms with E-state index in [1.54, 1.807) is 18.2 Å². The number of halogens is 3. The van der Waals surface area contributed by atoms with Crippen molar-refractivity contribution < 1.29 is 22.7 Å². The fourth-order valence-corrected chi connectivity index (χ4v) is 6.02. The molecule has 36 heavy (non-hydrogen) atoms. The molecule has 0 spiro atoms. The molecule has 194 valence electrons. The Bertz CT molecular complexity index is 1050. The minimum Gasteiger partial charge on any atom is -0.404 e. The van der Waals surface area contributed by atoms with Crippen LogP contribution < -0.4 is 14.5 Å². The van der Waals surface area contributed by atoms with E-state index in [0.717, 1.165) is 63.8 Å². The van der Waals surface area contributed by atoms with Crippen LogP contribution in [0.5, 0.6) is 5.75 Å². The monoisotopic (exact) mass is 501 g/mol. The summed E-state index contributed by atoms with van der Waals surface area (Å²) >= 11 is 0. The van der Waals surface area contributed by atoms with E-state index in [-0.39, 0.29) is 23.6 Å². The molecule has 1 atom stereocenters. The zero-order chi connectivity index (χ0) is 25.1. The molecule has 1 amide bonds. The summed E-state index contributed by atoms with van der Waals surface area (Å²) in [7, 11) is 0. The lowest BCUT2D eigenvalue weighted by molar-refractivity contribution is -0.274. The molecular weight excluding hydrogens is 467 g/mol. The van der Waals surface area contributed by atoms with Crippen LogP contribution in [0, 0.1) is 5.92 Å². The van der Waals surface area contributed by atoms with Gasteiger partial charge in [0.15, 0.2) is 5.75 Å². The molecule has 0 aromatic heterocycles. The molecule has 0 bridgehead atoms. The summed E-state index contributed by atoms with van der Waals surface area (Å²) in [5.41, 5.74) is 2.76. The molecule has 2 aromatic carbocycles. The highest BCUT2D eigenvalue weighted by atomic mass is 19.4. The summed E-state index contributed by atoms with van der Waals surface area (Å²) in [4.78, 5) is 20.1. The van der Waals surface area contributed by atoms with Crippen molar-refractivity contribution in [2.75, 3.05) is 42.5 Å². The van der Waals surface area contributed by atoms with Gasteiger partial charge in [0, 0.05) is 50.4 Å². The molecule has 1 saturated heterocycles. The number of hydrogen-bond acceptors (Lipinski definition) is 4. The minimum absolute atomic E-state index is 0.106. The molecule has 2 aromatic rings. The number of benzene rings is 2. The van der Waals surface area contributed by atoms with Gasteiger partial charge in [0.25, 0.3) is 0 Å². The van der Waals surface area contributed by atoms with Gasteiger partial charge in [-0.05, 0) is 49.4 Å². The Morgan fingerprint density at radius 3 is 2.25 bits per heavy atom. The second kappa shape index (κ2) is 10.7. The van der Waals surface area contributed by atoms with E-state index in [4.69, 9.17) is 0 Å². The van der Waals surface area contributed by atoms with E-state index in [1.165, 1.54) is 18.1 Å². The van der Waals surface area contributed by atoms with E-state index in [0.29, 0.717) is 18.8 Å². The van der Waals surface area contributed by atoms with E-state index in [2.05, 4.69) is 26.7 Å². The fourth-order valence-electron chi connectivity index (χ4n) is 6.02. The molecule has 5 rings (SSSR count). The Balaban J connectivity index is 1.27. The van der Waals surface area contributed by atoms with Crippen LogP contribution >= 0.6 is 0 Å². The molecule has 2 fully saturated rings. The van der Waals surface area contributed by atoms with E-state index in [1.807, 2.05) is 17.0 Å². The summed E-state index contributed by atoms with van der Waals surface area (Å²) in [6, 6.07) is 14.7. The van der Waals surface area contributed by atoms with Crippen molar-refractivity contribution >= 4 is 17.3 Å². The van der Waals surface area contributed by atoms with Crippen molar-refractivity contribution in [2.24, 2.45) is 5.92 Å². The Labute approximate surface area is 210 Å². The van der Waals surface area contributed by atoms with Gasteiger partial charge >= 0.3 is 6.36 Å². The van der Waals surface area contributed by atoms with Crippen LogP contribution in [0.15, 0.2) is 48.5 Å². The molecule has 3 aliphatic rings. The average Bonchev–Trinajstić information content (AvgIpc) is 2.89. The van der Waals surface area contributed by atoms with Gasteiger partial charge in [0.1, 0.15) is 0 Å². The predicted molar refractivity (Wildman–Crippen MR) is 134 cm³/mol. The van der Waals surface area contributed by atoms with Crippen molar-refractivity contribution in [3.05, 3.63) is 54.1 Å². The molecule has 1 aliphatic carbocycles. The van der Waals surface area contributed by atoms with Crippen molar-refractivity contribution in [1.82, 2.24) is 4.90 Å². The summed E-state index contributed by atoms with van der Waals surface area (Å²) in [5.74, 6) is 0.213. The number of piperazine rings is 1. The van der Waals surface area contributed by atoms with Gasteiger partial charge in [0.2, 0.25) is 5.91 Å². The number of fused-ring (bicyclic) bond motifs is 1. The third-order valence-electron chi connectivity index (χ3n) is 7.83. The molecule has 0 radical (unpaired) electrons. The molecule has 8 heteroatoms. The van der Waals surface area contributed by atoms with E-state index < -0.39 is 6.36 Å². The van der Waals surface area contributed by atoms with Gasteiger partial charge in [-0.2, -0.15) is 0 Å². The number of ether oxygens (including phenoxy) is 1. The Morgan fingerprint density at radius 2 is 1.53 bits per heavy atom. The highest BCUT2D eigenvalue weighted by Gasteiger charge is 2.37. The van der Waals surface area contributed by atoms with Crippen molar-refractivity contribution in [2.45, 2.75) is 57.3 Å². The number of carbonyl (C=O) groups excluding carboxylic acids is 1. The molecule has 5 nitrogen and oxygen atoms in total. The predicted octanol–water partition coefficient (Wildman–Crippen LogP) is 5.64. The third kappa shape index (κ3) is 5.64. The standard InChI is InChI=1S/C28H34F3N3O2/c29-28(30,31)36-26-13-7-6-12-25(26)33-18-16-32(17-19-33)20-23-15-14-21-8-4-5-11-24(21)34(23)27(35)22-9-2-1-3-10-22/h4-8,11-13,22-23H,1-3,9-10,14-20H2. The van der Waals surface area contributed by atoms with Crippen molar-refractivity contribution in [1.29, 1.82) is 0 Å². The van der Waals surface area contributed by atoms with Crippen LogP contribution in [0.4, 0.5) is 24.5 Å². The van der Waals surface area contributed by atoms with Crippen LogP contribution in [0.25, 0.3) is 0 Å². The second-order valence-corrected chi connectivity index (χ2v) is 10.2. The van der Waals surface area contributed by atoms with Crippen LogP contribution in [-0.2, 0) is 11.2 Å². The highest BCUT2D eigenvalue weighted by Crippen LogP contribution is 2.36. The van der Waals surface area contributed by atoms with Crippen LogP contribution in [0.3, 0.4) is 0 Å².